The van der Waals surface area contributed by atoms with E-state index in [0.29, 0.717) is 0 Å². The topological polar surface area (TPSA) is 114 Å². The minimum absolute atomic E-state index is 0. The molecular formula is C10H14FeO6. The second-order valence-corrected chi connectivity index (χ2v) is 2.88. The number of hydrogen-bond acceptors (Lipinski definition) is 6. The van der Waals surface area contributed by atoms with Crippen molar-refractivity contribution in [3.63, 3.8) is 0 Å². The summed E-state index contributed by atoms with van der Waals surface area (Å²) in [6.07, 6.45) is -0.352. The molecule has 6 nitrogen and oxygen atoms in total. The fourth-order valence-electron chi connectivity index (χ4n) is 0.572. The van der Waals surface area contributed by atoms with Crippen LogP contribution in [0.3, 0.4) is 0 Å². The summed E-state index contributed by atoms with van der Waals surface area (Å²) >= 11 is 0. The van der Waals surface area contributed by atoms with E-state index >= 15 is 0 Å². The van der Waals surface area contributed by atoms with Crippen LogP contribution in [0.25, 0.3) is 0 Å². The van der Waals surface area contributed by atoms with Gasteiger partial charge in [-0.05, 0) is 0 Å². The van der Waals surface area contributed by atoms with E-state index in [-0.39, 0.29) is 41.5 Å². The molecule has 0 aliphatic carbocycles. The third-order valence-corrected chi connectivity index (χ3v) is 1.47. The van der Waals surface area contributed by atoms with E-state index in [0.717, 1.165) is 0 Å². The maximum absolute atomic E-state index is 10.2. The van der Waals surface area contributed by atoms with Crippen LogP contribution in [-0.2, 0) is 36.2 Å². The molecule has 0 radical (unpaired) electrons. The average molecular weight is 286 g/mol. The standard InChI is InChI=1S/2C5H8O3.Fe/c2*1-2-4(6)3-5(7)8;/h2*2-3H2,1H3,(H,7,8);/q;;+2/p-2. The zero-order valence-electron chi connectivity index (χ0n) is 9.63. The maximum Gasteiger partial charge on any atom is 2.00 e. The third-order valence-electron chi connectivity index (χ3n) is 1.47. The van der Waals surface area contributed by atoms with Gasteiger partial charge in [0.05, 0.1) is 0 Å². The summed E-state index contributed by atoms with van der Waals surface area (Å²) in [7, 11) is 0. The largest absolute Gasteiger partial charge is 2.00 e. The number of Topliss-reactive ketones (excluding diaryl/α,β-unsaturated/α-hetero) is 2. The smallest absolute Gasteiger partial charge is 0.550 e. The van der Waals surface area contributed by atoms with E-state index in [2.05, 4.69) is 0 Å². The average Bonchev–Trinajstić information content (AvgIpc) is 2.16. The van der Waals surface area contributed by atoms with Crippen LogP contribution in [0.5, 0.6) is 0 Å². The first kappa shape index (κ1) is 21.1. The van der Waals surface area contributed by atoms with Crippen molar-refractivity contribution in [2.24, 2.45) is 0 Å². The van der Waals surface area contributed by atoms with E-state index in [4.69, 9.17) is 0 Å². The van der Waals surface area contributed by atoms with E-state index in [1.54, 1.807) is 13.8 Å². The molecular weight excluding hydrogens is 272 g/mol. The third kappa shape index (κ3) is 20.8. The number of carboxylic acid groups (broad SMARTS) is 2. The van der Waals surface area contributed by atoms with Crippen LogP contribution in [0.15, 0.2) is 0 Å². The molecule has 0 aliphatic heterocycles. The molecule has 0 aromatic carbocycles. The molecule has 0 amide bonds. The molecule has 0 saturated carbocycles. The van der Waals surface area contributed by atoms with E-state index in [1.807, 2.05) is 0 Å². The van der Waals surface area contributed by atoms with E-state index in [1.165, 1.54) is 0 Å². The molecule has 0 aromatic heterocycles. The van der Waals surface area contributed by atoms with Gasteiger partial charge in [-0.3, -0.25) is 9.59 Å². The first-order valence-electron chi connectivity index (χ1n) is 4.76. The molecule has 0 fully saturated rings. The van der Waals surface area contributed by atoms with E-state index in [9.17, 15) is 29.4 Å². The number of carbonyl (C=O) groups is 4. The number of hydrogen-bond donors (Lipinski definition) is 0. The minimum atomic E-state index is -1.29. The van der Waals surface area contributed by atoms with Gasteiger partial charge in [-0.1, -0.05) is 13.8 Å². The minimum Gasteiger partial charge on any atom is -0.550 e. The summed E-state index contributed by atoms with van der Waals surface area (Å²) < 4.78 is 0. The van der Waals surface area contributed by atoms with Crippen LogP contribution < -0.4 is 10.2 Å². The van der Waals surface area contributed by atoms with Gasteiger partial charge in [-0.2, -0.15) is 0 Å². The maximum atomic E-state index is 10.2. The zero-order chi connectivity index (χ0) is 13.1. The summed E-state index contributed by atoms with van der Waals surface area (Å²) in [5, 5.41) is 19.3. The molecule has 0 spiro atoms. The summed E-state index contributed by atoms with van der Waals surface area (Å²) in [6.45, 7) is 3.23. The van der Waals surface area contributed by atoms with Crippen molar-refractivity contribution in [3.8, 4) is 0 Å². The van der Waals surface area contributed by atoms with Gasteiger partial charge in [0, 0.05) is 37.6 Å². The Hall–Kier alpha value is -1.20. The molecule has 0 N–H and O–H groups in total. The normalized spacial score (nSPS) is 8.12. The molecule has 0 saturated heterocycles. The molecule has 7 heteroatoms. The molecule has 0 aliphatic rings. The van der Waals surface area contributed by atoms with Gasteiger partial charge >= 0.3 is 17.1 Å². The summed E-state index contributed by atoms with van der Waals surface area (Å²) in [5.74, 6) is -3.16. The molecule has 0 bridgehead atoms. The van der Waals surface area contributed by atoms with Gasteiger partial charge in [0.15, 0.2) is 0 Å². The number of carbonyl (C=O) groups excluding carboxylic acids is 4. The predicted octanol–water partition coefficient (Wildman–Crippen LogP) is -1.79. The quantitative estimate of drug-likeness (QED) is 0.420. The monoisotopic (exact) mass is 286 g/mol. The molecule has 0 unspecified atom stereocenters. The van der Waals surface area contributed by atoms with Gasteiger partial charge in [0.1, 0.15) is 11.6 Å². The number of aliphatic carboxylic acids is 2. The first-order chi connectivity index (χ1) is 7.33. The molecule has 98 valence electrons. The van der Waals surface area contributed by atoms with Gasteiger partial charge in [-0.25, -0.2) is 0 Å². The van der Waals surface area contributed by atoms with Crippen molar-refractivity contribution in [2.45, 2.75) is 39.5 Å². The van der Waals surface area contributed by atoms with Gasteiger partial charge in [0.2, 0.25) is 0 Å². The van der Waals surface area contributed by atoms with Crippen molar-refractivity contribution < 1.29 is 46.5 Å². The van der Waals surface area contributed by atoms with Crippen molar-refractivity contribution in [3.05, 3.63) is 0 Å². The Bertz CT molecular complexity index is 246. The van der Waals surface area contributed by atoms with Gasteiger partial charge in [0.25, 0.3) is 0 Å². The van der Waals surface area contributed by atoms with Gasteiger partial charge < -0.3 is 19.8 Å². The Kier molecular flexibility index (Phi) is 16.0. The fraction of sp³-hybridized carbons (Fsp3) is 0.600. The summed E-state index contributed by atoms with van der Waals surface area (Å²) in [6, 6.07) is 0. The Balaban J connectivity index is -0.000000218. The molecule has 17 heavy (non-hydrogen) atoms. The predicted molar refractivity (Wildman–Crippen MR) is 49.8 cm³/mol. The summed E-state index contributed by atoms with van der Waals surface area (Å²) in [5.41, 5.74) is 0. The van der Waals surface area contributed by atoms with E-state index < -0.39 is 24.8 Å². The van der Waals surface area contributed by atoms with Crippen LogP contribution in [0.2, 0.25) is 0 Å². The second kappa shape index (κ2) is 12.9. The Morgan fingerprint density at radius 1 is 0.765 bits per heavy atom. The number of carboxylic acids is 2. The Labute approximate surface area is 110 Å². The van der Waals surface area contributed by atoms with Crippen molar-refractivity contribution in [2.75, 3.05) is 0 Å². The SMILES string of the molecule is CCC(=O)CC(=O)[O-].CCC(=O)CC(=O)[O-].[Fe+2]. The summed E-state index contributed by atoms with van der Waals surface area (Å²) in [4.78, 5) is 39.7. The zero-order valence-corrected chi connectivity index (χ0v) is 10.7. The van der Waals surface area contributed by atoms with Crippen LogP contribution in [0.1, 0.15) is 39.5 Å². The molecule has 0 atom stereocenters. The van der Waals surface area contributed by atoms with Crippen molar-refractivity contribution >= 4 is 23.5 Å². The molecule has 0 aromatic rings. The number of ketones is 2. The number of rotatable bonds is 6. The second-order valence-electron chi connectivity index (χ2n) is 2.88. The first-order valence-corrected chi connectivity index (χ1v) is 4.76. The van der Waals surface area contributed by atoms with Crippen molar-refractivity contribution in [1.82, 2.24) is 0 Å². The van der Waals surface area contributed by atoms with Crippen molar-refractivity contribution in [1.29, 1.82) is 0 Å². The van der Waals surface area contributed by atoms with Crippen LogP contribution in [0, 0.1) is 0 Å². The Morgan fingerprint density at radius 2 is 1.00 bits per heavy atom. The van der Waals surface area contributed by atoms with Crippen LogP contribution in [-0.4, -0.2) is 23.5 Å². The van der Waals surface area contributed by atoms with Gasteiger partial charge in [-0.15, -0.1) is 0 Å². The molecule has 0 heterocycles. The van der Waals surface area contributed by atoms with Crippen LogP contribution >= 0.6 is 0 Å². The molecule has 0 rings (SSSR count). The van der Waals surface area contributed by atoms with Crippen LogP contribution in [0.4, 0.5) is 0 Å². The Morgan fingerprint density at radius 3 is 1.06 bits per heavy atom. The fourth-order valence-corrected chi connectivity index (χ4v) is 0.572.